The highest BCUT2D eigenvalue weighted by Crippen LogP contribution is 2.35. The fourth-order valence-corrected chi connectivity index (χ4v) is 4.99. The molecule has 1 saturated heterocycles. The number of anilines is 1. The first kappa shape index (κ1) is 25.6. The van der Waals surface area contributed by atoms with Gasteiger partial charge in [-0.1, -0.05) is 24.3 Å². The van der Waals surface area contributed by atoms with Gasteiger partial charge in [-0.05, 0) is 47.5 Å². The van der Waals surface area contributed by atoms with Crippen LogP contribution < -0.4 is 9.64 Å². The molecule has 2 amide bonds. The molecule has 2 aliphatic rings. The first-order valence-electron chi connectivity index (χ1n) is 12.1. The molecule has 3 aromatic rings. The van der Waals surface area contributed by atoms with E-state index in [1.54, 1.807) is 30.3 Å². The maximum Gasteiger partial charge on any atom is 0.416 e. The molecule has 0 atom stereocenters. The number of carbonyl (C=O) groups is 2. The lowest BCUT2D eigenvalue weighted by Crippen LogP contribution is -2.46. The third kappa shape index (κ3) is 4.91. The van der Waals surface area contributed by atoms with Crippen molar-refractivity contribution < 1.29 is 32.6 Å². The Balaban J connectivity index is 1.29. The van der Waals surface area contributed by atoms with E-state index in [-0.39, 0.29) is 29.0 Å². The zero-order valence-corrected chi connectivity index (χ0v) is 20.7. The third-order valence-corrected chi connectivity index (χ3v) is 6.93. The van der Waals surface area contributed by atoms with Gasteiger partial charge in [-0.25, -0.2) is 0 Å². The first-order chi connectivity index (χ1) is 18.2. The minimum Gasteiger partial charge on any atom is -0.504 e. The van der Waals surface area contributed by atoms with E-state index in [0.717, 1.165) is 22.6 Å². The maximum atomic E-state index is 13.4. The predicted octanol–water partition coefficient (Wildman–Crippen LogP) is 4.54. The van der Waals surface area contributed by atoms with Crippen molar-refractivity contribution in [2.24, 2.45) is 0 Å². The number of nitrogens with zero attached hydrogens (tertiary/aromatic N) is 3. The highest BCUT2D eigenvalue weighted by molar-refractivity contribution is 6.23. The number of alkyl halides is 3. The predicted molar refractivity (Wildman–Crippen MR) is 134 cm³/mol. The minimum atomic E-state index is -4.51. The average Bonchev–Trinajstić information content (AvgIpc) is 3.14. The van der Waals surface area contributed by atoms with Crippen molar-refractivity contribution in [3.8, 4) is 11.5 Å². The monoisotopic (exact) mass is 525 g/mol. The molecule has 198 valence electrons. The molecular weight excluding hydrogens is 499 g/mol. The van der Waals surface area contributed by atoms with E-state index in [4.69, 9.17) is 4.74 Å². The average molecular weight is 526 g/mol. The number of phenols is 1. The number of benzene rings is 3. The largest absolute Gasteiger partial charge is 0.504 e. The van der Waals surface area contributed by atoms with Gasteiger partial charge in [-0.3, -0.25) is 19.4 Å². The van der Waals surface area contributed by atoms with E-state index < -0.39 is 23.6 Å². The van der Waals surface area contributed by atoms with Crippen molar-refractivity contribution in [1.29, 1.82) is 0 Å². The number of fused-ring (bicyclic) bond motifs is 1. The van der Waals surface area contributed by atoms with E-state index >= 15 is 0 Å². The molecule has 0 spiro atoms. The summed E-state index contributed by atoms with van der Waals surface area (Å²) < 4.78 is 44.5. The molecule has 3 aromatic carbocycles. The SMILES string of the molecule is COc1ccc(CN2CCN(c3cccc4c3C(=O)N(Cc3cccc(C(F)(F)F)c3)C4=O)CC2)cc1O. The van der Waals surface area contributed by atoms with E-state index in [9.17, 15) is 27.9 Å². The van der Waals surface area contributed by atoms with Crippen LogP contribution in [0.1, 0.15) is 37.4 Å². The molecule has 0 radical (unpaired) electrons. The number of piperazine rings is 1. The zero-order valence-electron chi connectivity index (χ0n) is 20.7. The second-order valence-corrected chi connectivity index (χ2v) is 9.36. The fourth-order valence-electron chi connectivity index (χ4n) is 4.99. The Morgan fingerprint density at radius 3 is 2.26 bits per heavy atom. The summed E-state index contributed by atoms with van der Waals surface area (Å²) in [4.78, 5) is 31.7. The number of methoxy groups -OCH3 is 1. The second kappa shape index (κ2) is 10.0. The number of halogens is 3. The number of hydrogen-bond donors (Lipinski definition) is 1. The molecule has 7 nitrogen and oxygen atoms in total. The molecule has 1 N–H and O–H groups in total. The normalized spacial score (nSPS) is 16.2. The Bertz CT molecular complexity index is 1380. The second-order valence-electron chi connectivity index (χ2n) is 9.36. The zero-order chi connectivity index (χ0) is 27.0. The summed E-state index contributed by atoms with van der Waals surface area (Å²) in [6, 6.07) is 15.1. The Morgan fingerprint density at radius 2 is 1.58 bits per heavy atom. The van der Waals surface area contributed by atoms with E-state index in [2.05, 4.69) is 9.80 Å². The summed E-state index contributed by atoms with van der Waals surface area (Å²) in [7, 11) is 1.50. The minimum absolute atomic E-state index is 0.0846. The molecule has 1 fully saturated rings. The van der Waals surface area contributed by atoms with Gasteiger partial charge in [0, 0.05) is 32.7 Å². The summed E-state index contributed by atoms with van der Waals surface area (Å²) in [5.74, 6) is -0.518. The van der Waals surface area contributed by atoms with Crippen LogP contribution in [0.15, 0.2) is 60.7 Å². The molecule has 0 unspecified atom stereocenters. The van der Waals surface area contributed by atoms with Gasteiger partial charge < -0.3 is 14.7 Å². The highest BCUT2D eigenvalue weighted by Gasteiger charge is 2.39. The van der Waals surface area contributed by atoms with Crippen molar-refractivity contribution in [1.82, 2.24) is 9.80 Å². The number of phenolic OH excluding ortho intramolecular Hbond substituents is 1. The van der Waals surface area contributed by atoms with Crippen LogP contribution in [0.2, 0.25) is 0 Å². The molecule has 38 heavy (non-hydrogen) atoms. The number of carbonyl (C=O) groups excluding carboxylic acids is 2. The van der Waals surface area contributed by atoms with Gasteiger partial charge in [0.25, 0.3) is 11.8 Å². The lowest BCUT2D eigenvalue weighted by molar-refractivity contribution is -0.137. The summed E-state index contributed by atoms with van der Waals surface area (Å²) in [6.07, 6.45) is -4.51. The molecule has 5 rings (SSSR count). The first-order valence-corrected chi connectivity index (χ1v) is 12.1. The number of hydrogen-bond acceptors (Lipinski definition) is 6. The lowest BCUT2D eigenvalue weighted by Gasteiger charge is -2.36. The smallest absolute Gasteiger partial charge is 0.416 e. The van der Waals surface area contributed by atoms with Crippen molar-refractivity contribution in [2.45, 2.75) is 19.3 Å². The van der Waals surface area contributed by atoms with Crippen LogP contribution in [0, 0.1) is 0 Å². The number of rotatable bonds is 6. The van der Waals surface area contributed by atoms with Crippen LogP contribution in [-0.2, 0) is 19.3 Å². The van der Waals surface area contributed by atoms with E-state index in [0.29, 0.717) is 44.2 Å². The topological polar surface area (TPSA) is 73.3 Å². The van der Waals surface area contributed by atoms with Gasteiger partial charge in [-0.2, -0.15) is 13.2 Å². The summed E-state index contributed by atoms with van der Waals surface area (Å²) in [5.41, 5.74) is 1.55. The van der Waals surface area contributed by atoms with Crippen molar-refractivity contribution in [3.63, 3.8) is 0 Å². The van der Waals surface area contributed by atoms with Gasteiger partial charge in [0.15, 0.2) is 11.5 Å². The molecule has 0 saturated carbocycles. The Kier molecular flexibility index (Phi) is 6.75. The molecule has 2 heterocycles. The molecule has 0 aliphatic carbocycles. The van der Waals surface area contributed by atoms with E-state index in [1.165, 1.54) is 19.2 Å². The number of imide groups is 1. The van der Waals surface area contributed by atoms with Gasteiger partial charge in [-0.15, -0.1) is 0 Å². The van der Waals surface area contributed by atoms with Crippen LogP contribution >= 0.6 is 0 Å². The van der Waals surface area contributed by atoms with Gasteiger partial charge >= 0.3 is 6.18 Å². The Hall–Kier alpha value is -4.05. The molecule has 10 heteroatoms. The lowest BCUT2D eigenvalue weighted by atomic mass is 10.1. The molecule has 0 bridgehead atoms. The van der Waals surface area contributed by atoms with Crippen LogP contribution in [0.3, 0.4) is 0 Å². The van der Waals surface area contributed by atoms with Crippen LogP contribution in [0.25, 0.3) is 0 Å². The van der Waals surface area contributed by atoms with Crippen LogP contribution in [0.5, 0.6) is 11.5 Å². The van der Waals surface area contributed by atoms with Crippen molar-refractivity contribution in [2.75, 3.05) is 38.2 Å². The van der Waals surface area contributed by atoms with Crippen LogP contribution in [0.4, 0.5) is 18.9 Å². The van der Waals surface area contributed by atoms with Gasteiger partial charge in [0.1, 0.15) is 0 Å². The molecular formula is C28H26F3N3O4. The number of ether oxygens (including phenoxy) is 1. The highest BCUT2D eigenvalue weighted by atomic mass is 19.4. The third-order valence-electron chi connectivity index (χ3n) is 6.93. The Morgan fingerprint density at radius 1 is 0.868 bits per heavy atom. The standard InChI is InChI=1S/C28H26F3N3O4/c1-38-24-9-8-19(15-23(24)35)16-32-10-12-33(13-11-32)22-7-3-6-21-25(22)27(37)34(26(21)36)17-18-4-2-5-20(14-18)28(29,30)31/h2-9,14-15,35H,10-13,16-17H2,1H3. The van der Waals surface area contributed by atoms with Crippen LogP contribution in [-0.4, -0.2) is 60.0 Å². The quantitative estimate of drug-likeness (QED) is 0.477. The van der Waals surface area contributed by atoms with Crippen molar-refractivity contribution >= 4 is 17.5 Å². The summed E-state index contributed by atoms with van der Waals surface area (Å²) in [6.45, 7) is 3.04. The maximum absolute atomic E-state index is 13.4. The van der Waals surface area contributed by atoms with Gasteiger partial charge in [0.2, 0.25) is 0 Å². The molecule has 0 aromatic heterocycles. The fraction of sp³-hybridized carbons (Fsp3) is 0.286. The summed E-state index contributed by atoms with van der Waals surface area (Å²) >= 11 is 0. The van der Waals surface area contributed by atoms with Crippen molar-refractivity contribution in [3.05, 3.63) is 88.5 Å². The van der Waals surface area contributed by atoms with Gasteiger partial charge in [0.05, 0.1) is 36.0 Å². The Labute approximate surface area is 217 Å². The number of aromatic hydroxyl groups is 1. The van der Waals surface area contributed by atoms with E-state index in [1.807, 2.05) is 6.07 Å². The summed E-state index contributed by atoms with van der Waals surface area (Å²) in [5, 5.41) is 10.0. The number of amides is 2. The molecule has 2 aliphatic heterocycles.